The minimum Gasteiger partial charge on any atom is -0.496 e. The molecule has 1 aliphatic heterocycles. The van der Waals surface area contributed by atoms with E-state index in [4.69, 9.17) is 25.7 Å². The third-order valence-electron chi connectivity index (χ3n) is 5.56. The molecule has 8 nitrogen and oxygen atoms in total. The van der Waals surface area contributed by atoms with Gasteiger partial charge in [-0.05, 0) is 24.3 Å². The summed E-state index contributed by atoms with van der Waals surface area (Å²) in [6, 6.07) is 12.5. The summed E-state index contributed by atoms with van der Waals surface area (Å²) >= 11 is 6.11. The average molecular weight is 451 g/mol. The number of aromatic nitrogens is 3. The van der Waals surface area contributed by atoms with E-state index in [9.17, 15) is 9.90 Å². The molecule has 0 saturated heterocycles. The van der Waals surface area contributed by atoms with Crippen LogP contribution in [0.5, 0.6) is 5.75 Å². The Bertz CT molecular complexity index is 1340. The van der Waals surface area contributed by atoms with Crippen LogP contribution in [-0.2, 0) is 19.5 Å². The van der Waals surface area contributed by atoms with E-state index in [1.165, 1.54) is 0 Å². The fourth-order valence-corrected chi connectivity index (χ4v) is 4.26. The van der Waals surface area contributed by atoms with Crippen molar-refractivity contribution in [1.29, 1.82) is 0 Å². The topological polar surface area (TPSA) is 102 Å². The van der Waals surface area contributed by atoms with Crippen molar-refractivity contribution >= 4 is 28.5 Å². The Morgan fingerprint density at radius 3 is 2.91 bits per heavy atom. The van der Waals surface area contributed by atoms with Gasteiger partial charge in [-0.2, -0.15) is 0 Å². The molecule has 0 fully saturated rings. The van der Waals surface area contributed by atoms with Gasteiger partial charge < -0.3 is 14.3 Å². The third-order valence-corrected chi connectivity index (χ3v) is 5.79. The molecule has 0 aliphatic carbocycles. The lowest BCUT2D eigenvalue weighted by molar-refractivity contribution is 0.0695. The molecule has 0 unspecified atom stereocenters. The lowest BCUT2D eigenvalue weighted by Crippen LogP contribution is -2.32. The second-order valence-corrected chi connectivity index (χ2v) is 7.98. The van der Waals surface area contributed by atoms with Crippen LogP contribution in [0.15, 0.2) is 46.9 Å². The highest BCUT2D eigenvalue weighted by Crippen LogP contribution is 2.32. The number of carboxylic acids is 1. The molecule has 0 radical (unpaired) electrons. The molecule has 2 aromatic carbocycles. The molecule has 5 rings (SSSR count). The summed E-state index contributed by atoms with van der Waals surface area (Å²) in [7, 11) is 1.56. The summed E-state index contributed by atoms with van der Waals surface area (Å²) in [6.45, 7) is 1.53. The van der Waals surface area contributed by atoms with Crippen LogP contribution in [0.4, 0.5) is 0 Å². The molecular formula is C23H19ClN4O4. The molecule has 3 heterocycles. The van der Waals surface area contributed by atoms with Crippen molar-refractivity contribution in [1.82, 2.24) is 20.1 Å². The summed E-state index contributed by atoms with van der Waals surface area (Å²) in [5, 5.41) is 19.4. The Balaban J connectivity index is 1.43. The maximum absolute atomic E-state index is 12.1. The number of rotatable bonds is 5. The highest BCUT2D eigenvalue weighted by atomic mass is 35.5. The van der Waals surface area contributed by atoms with Crippen LogP contribution >= 0.6 is 11.6 Å². The number of nitrogens with zero attached hydrogens (tertiary/aromatic N) is 4. The second-order valence-electron chi connectivity index (χ2n) is 7.54. The molecule has 162 valence electrons. The standard InChI is InChI=1S/C23H19ClN4O4/c1-31-19-7-6-13(24)10-15(19)22-27-26-20(32-22)12-28-9-8-18-16(11-28)21(23(29)30)14-4-2-3-5-17(14)25-18/h2-7,10H,8-9,11-12H2,1H3,(H,29,30). The van der Waals surface area contributed by atoms with Gasteiger partial charge in [-0.15, -0.1) is 10.2 Å². The monoisotopic (exact) mass is 450 g/mol. The first-order chi connectivity index (χ1) is 15.5. The third kappa shape index (κ3) is 3.68. The molecule has 1 aliphatic rings. The van der Waals surface area contributed by atoms with Gasteiger partial charge in [0.1, 0.15) is 5.75 Å². The van der Waals surface area contributed by atoms with E-state index in [1.807, 2.05) is 18.2 Å². The highest BCUT2D eigenvalue weighted by molar-refractivity contribution is 6.30. The zero-order valence-electron chi connectivity index (χ0n) is 17.2. The van der Waals surface area contributed by atoms with Gasteiger partial charge in [0.05, 0.1) is 30.3 Å². The Labute approximate surface area is 188 Å². The van der Waals surface area contributed by atoms with E-state index >= 15 is 0 Å². The number of fused-ring (bicyclic) bond motifs is 2. The van der Waals surface area contributed by atoms with E-state index in [0.717, 1.165) is 11.3 Å². The SMILES string of the molecule is COc1ccc(Cl)cc1-c1nnc(CN2CCc3nc4ccccc4c(C(=O)O)c3C2)o1. The normalized spacial score (nSPS) is 13.8. The minimum absolute atomic E-state index is 0.310. The lowest BCUT2D eigenvalue weighted by Gasteiger charge is -2.28. The predicted molar refractivity (Wildman–Crippen MR) is 118 cm³/mol. The number of ether oxygens (including phenoxy) is 1. The van der Waals surface area contributed by atoms with Gasteiger partial charge in [0, 0.05) is 41.2 Å². The molecule has 4 aromatic rings. The summed E-state index contributed by atoms with van der Waals surface area (Å²) in [5.74, 6) is 0.377. The van der Waals surface area contributed by atoms with Crippen LogP contribution in [-0.4, -0.2) is 44.8 Å². The van der Waals surface area contributed by atoms with Crippen molar-refractivity contribution in [2.45, 2.75) is 19.5 Å². The smallest absolute Gasteiger partial charge is 0.336 e. The van der Waals surface area contributed by atoms with Crippen molar-refractivity contribution in [3.8, 4) is 17.2 Å². The molecule has 0 spiro atoms. The van der Waals surface area contributed by atoms with Gasteiger partial charge in [-0.1, -0.05) is 29.8 Å². The van der Waals surface area contributed by atoms with Crippen molar-refractivity contribution in [3.63, 3.8) is 0 Å². The minimum atomic E-state index is -0.949. The van der Waals surface area contributed by atoms with E-state index in [-0.39, 0.29) is 0 Å². The molecule has 0 amide bonds. The number of hydrogen-bond donors (Lipinski definition) is 1. The van der Waals surface area contributed by atoms with E-state index in [0.29, 0.717) is 70.6 Å². The van der Waals surface area contributed by atoms with Crippen LogP contribution in [0, 0.1) is 0 Å². The van der Waals surface area contributed by atoms with Crippen molar-refractivity contribution in [2.75, 3.05) is 13.7 Å². The quantitative estimate of drug-likeness (QED) is 0.482. The van der Waals surface area contributed by atoms with Crippen molar-refractivity contribution in [3.05, 3.63) is 70.2 Å². The number of carboxylic acid groups (broad SMARTS) is 1. The van der Waals surface area contributed by atoms with Gasteiger partial charge in [0.2, 0.25) is 5.89 Å². The molecule has 32 heavy (non-hydrogen) atoms. The second kappa shape index (κ2) is 8.22. The number of para-hydroxylation sites is 1. The van der Waals surface area contributed by atoms with E-state index in [1.54, 1.807) is 31.4 Å². The van der Waals surface area contributed by atoms with Crippen LogP contribution in [0.1, 0.15) is 27.5 Å². The Morgan fingerprint density at radius 1 is 1.25 bits per heavy atom. The van der Waals surface area contributed by atoms with Crippen molar-refractivity contribution in [2.24, 2.45) is 0 Å². The van der Waals surface area contributed by atoms with Crippen LogP contribution in [0.25, 0.3) is 22.4 Å². The predicted octanol–water partition coefficient (Wildman–Crippen LogP) is 4.20. The van der Waals surface area contributed by atoms with Gasteiger partial charge in [0.25, 0.3) is 5.89 Å². The lowest BCUT2D eigenvalue weighted by atomic mass is 9.96. The number of pyridine rings is 1. The number of benzene rings is 2. The first kappa shape index (κ1) is 20.4. The molecule has 0 atom stereocenters. The Morgan fingerprint density at radius 2 is 2.09 bits per heavy atom. The van der Waals surface area contributed by atoms with Gasteiger partial charge in [-0.3, -0.25) is 9.88 Å². The van der Waals surface area contributed by atoms with Gasteiger partial charge >= 0.3 is 5.97 Å². The van der Waals surface area contributed by atoms with Crippen LogP contribution in [0.2, 0.25) is 5.02 Å². The summed E-state index contributed by atoms with van der Waals surface area (Å²) in [4.78, 5) is 18.9. The molecule has 0 bridgehead atoms. The zero-order valence-corrected chi connectivity index (χ0v) is 18.0. The van der Waals surface area contributed by atoms with Gasteiger partial charge in [-0.25, -0.2) is 4.79 Å². The first-order valence-electron chi connectivity index (χ1n) is 10.1. The number of hydrogen-bond acceptors (Lipinski definition) is 7. The molecule has 2 aromatic heterocycles. The number of aromatic carboxylic acids is 1. The number of carbonyl (C=O) groups is 1. The van der Waals surface area contributed by atoms with E-state index in [2.05, 4.69) is 15.1 Å². The largest absolute Gasteiger partial charge is 0.496 e. The van der Waals surface area contributed by atoms with Crippen LogP contribution < -0.4 is 4.74 Å². The van der Waals surface area contributed by atoms with Gasteiger partial charge in [0.15, 0.2) is 0 Å². The number of halogens is 1. The fraction of sp³-hybridized carbons (Fsp3) is 0.217. The van der Waals surface area contributed by atoms with Crippen molar-refractivity contribution < 1.29 is 19.1 Å². The summed E-state index contributed by atoms with van der Waals surface area (Å²) in [5.41, 5.74) is 3.19. The summed E-state index contributed by atoms with van der Waals surface area (Å²) in [6.07, 6.45) is 0.642. The highest BCUT2D eigenvalue weighted by Gasteiger charge is 2.26. The maximum atomic E-state index is 12.1. The Kier molecular flexibility index (Phi) is 5.24. The molecule has 1 N–H and O–H groups in total. The fourth-order valence-electron chi connectivity index (χ4n) is 4.09. The summed E-state index contributed by atoms with van der Waals surface area (Å²) < 4.78 is 11.2. The number of methoxy groups -OCH3 is 1. The van der Waals surface area contributed by atoms with Crippen LogP contribution in [0.3, 0.4) is 0 Å². The Hall–Kier alpha value is -3.49. The van der Waals surface area contributed by atoms with E-state index < -0.39 is 5.97 Å². The molecule has 0 saturated carbocycles. The molecule has 9 heteroatoms. The maximum Gasteiger partial charge on any atom is 0.336 e. The molecular weight excluding hydrogens is 432 g/mol. The zero-order chi connectivity index (χ0) is 22.2. The first-order valence-corrected chi connectivity index (χ1v) is 10.4. The average Bonchev–Trinajstić information content (AvgIpc) is 3.25.